The first-order valence-corrected chi connectivity index (χ1v) is 29.0. The number of aliphatic hydroxyl groups is 1. The molecule has 0 bridgehead atoms. The molecule has 0 saturated carbocycles. The van der Waals surface area contributed by atoms with E-state index in [0.717, 1.165) is 82.5 Å². The third-order valence-corrected chi connectivity index (χ3v) is 13.7. The minimum Gasteiger partial charge on any atom is -0.466 e. The molecule has 0 radical (unpaired) electrons. The monoisotopic (exact) mass is 949 g/mol. The summed E-state index contributed by atoms with van der Waals surface area (Å²) in [7, 11) is 0. The Morgan fingerprint density at radius 3 is 0.866 bits per heavy atom. The van der Waals surface area contributed by atoms with Crippen molar-refractivity contribution < 1.29 is 38.5 Å². The topological polar surface area (TPSA) is 116 Å². The van der Waals surface area contributed by atoms with Gasteiger partial charge in [-0.2, -0.15) is 0 Å². The van der Waals surface area contributed by atoms with Crippen molar-refractivity contribution in [2.45, 2.75) is 311 Å². The largest absolute Gasteiger partial charge is 0.466 e. The highest BCUT2D eigenvalue weighted by molar-refractivity contribution is 6.05. The predicted octanol–water partition coefficient (Wildman–Crippen LogP) is 17.1. The number of ketones is 1. The number of unbranched alkanes of at least 4 members (excludes halogenated alkanes) is 33. The van der Waals surface area contributed by atoms with Gasteiger partial charge < -0.3 is 19.3 Å². The number of hydrogen-bond acceptors (Lipinski definition) is 8. The molecule has 0 aliphatic carbocycles. The van der Waals surface area contributed by atoms with Gasteiger partial charge in [0.25, 0.3) is 0 Å². The molecule has 0 saturated heterocycles. The Morgan fingerprint density at radius 1 is 0.358 bits per heavy atom. The lowest BCUT2D eigenvalue weighted by molar-refractivity contribution is -0.187. The first-order valence-electron chi connectivity index (χ1n) is 29.0. The van der Waals surface area contributed by atoms with Gasteiger partial charge in [0.2, 0.25) is 0 Å². The van der Waals surface area contributed by atoms with Gasteiger partial charge in [-0.25, -0.2) is 4.79 Å². The van der Waals surface area contributed by atoms with E-state index in [2.05, 4.69) is 41.5 Å². The van der Waals surface area contributed by atoms with Gasteiger partial charge in [-0.1, -0.05) is 273 Å². The van der Waals surface area contributed by atoms with Crippen LogP contribution < -0.4 is 0 Å². The molecule has 0 fully saturated rings. The normalized spacial score (nSPS) is 13.1. The lowest BCUT2D eigenvalue weighted by Crippen LogP contribution is -2.55. The number of hydrogen-bond donors (Lipinski definition) is 1. The number of esters is 3. The van der Waals surface area contributed by atoms with Crippen LogP contribution in [0.25, 0.3) is 0 Å². The van der Waals surface area contributed by atoms with E-state index in [1.165, 1.54) is 173 Å². The molecule has 0 aromatic rings. The SMILES string of the molecule is CC(=O)C(C(=O)OCCCCCCCCCCCCCCC(C)C)C(O)(CC(=O)OCCCCCCCCCCCCCCC(C)C)C(=O)OCCCCCCCCCCCCCCC(C)C. The van der Waals surface area contributed by atoms with Crippen LogP contribution in [0, 0.1) is 23.7 Å². The number of carbonyl (C=O) groups excluding carboxylic acids is 4. The fourth-order valence-electron chi connectivity index (χ4n) is 9.26. The second-order valence-corrected chi connectivity index (χ2v) is 21.9. The number of carbonyl (C=O) groups is 4. The summed E-state index contributed by atoms with van der Waals surface area (Å²) in [4.78, 5) is 53.2. The van der Waals surface area contributed by atoms with Gasteiger partial charge in [0.15, 0.2) is 11.5 Å². The third kappa shape index (κ3) is 41.5. The molecule has 0 rings (SSSR count). The van der Waals surface area contributed by atoms with E-state index in [-0.39, 0.29) is 19.8 Å². The number of rotatable bonds is 51. The summed E-state index contributed by atoms with van der Waals surface area (Å²) in [5, 5.41) is 11.8. The number of Topliss-reactive ketones (excluding diaryl/α,β-unsaturated/α-hetero) is 1. The van der Waals surface area contributed by atoms with Crippen molar-refractivity contribution in [3.05, 3.63) is 0 Å². The van der Waals surface area contributed by atoms with Crippen LogP contribution in [-0.2, 0) is 33.4 Å². The first-order chi connectivity index (χ1) is 32.3. The second-order valence-electron chi connectivity index (χ2n) is 21.9. The summed E-state index contributed by atoms with van der Waals surface area (Å²) in [6, 6.07) is 0. The van der Waals surface area contributed by atoms with Gasteiger partial charge >= 0.3 is 17.9 Å². The maximum Gasteiger partial charge on any atom is 0.340 e. The standard InChI is InChI=1S/C59H112O8/c1-51(2)44-38-32-26-20-14-8-11-17-23-29-35-41-47-65-55(61)50-59(64,58(63)67-49-43-37-31-25-19-13-10-16-22-28-34-40-46-53(5)6)56(54(7)60)57(62)66-48-42-36-30-24-18-12-9-15-21-27-33-39-45-52(3)4/h51-53,56,64H,8-50H2,1-7H3. The molecule has 1 N–H and O–H groups in total. The zero-order chi connectivity index (χ0) is 49.6. The Morgan fingerprint density at radius 2 is 0.597 bits per heavy atom. The Labute approximate surface area is 415 Å². The van der Waals surface area contributed by atoms with Gasteiger partial charge in [-0.05, 0) is 43.9 Å². The van der Waals surface area contributed by atoms with Crippen molar-refractivity contribution in [3.63, 3.8) is 0 Å². The van der Waals surface area contributed by atoms with Crippen LogP contribution in [0.1, 0.15) is 305 Å². The molecule has 0 amide bonds. The average molecular weight is 950 g/mol. The Bertz CT molecular complexity index is 1150. The van der Waals surface area contributed by atoms with Crippen molar-refractivity contribution in [2.24, 2.45) is 23.7 Å². The van der Waals surface area contributed by atoms with Crippen LogP contribution in [0.5, 0.6) is 0 Å². The number of ether oxygens (including phenoxy) is 3. The van der Waals surface area contributed by atoms with Gasteiger partial charge in [-0.15, -0.1) is 0 Å². The fraction of sp³-hybridized carbons (Fsp3) is 0.932. The van der Waals surface area contributed by atoms with Gasteiger partial charge in [0, 0.05) is 0 Å². The summed E-state index contributed by atoms with van der Waals surface area (Å²) < 4.78 is 16.5. The highest BCUT2D eigenvalue weighted by Gasteiger charge is 2.54. The quantitative estimate of drug-likeness (QED) is 0.0277. The van der Waals surface area contributed by atoms with Crippen molar-refractivity contribution in [3.8, 4) is 0 Å². The predicted molar refractivity (Wildman–Crippen MR) is 281 cm³/mol. The molecule has 0 spiro atoms. The maximum absolute atomic E-state index is 13.6. The average Bonchev–Trinajstić information content (AvgIpc) is 3.27. The summed E-state index contributed by atoms with van der Waals surface area (Å²) in [6.45, 7) is 15.2. The van der Waals surface area contributed by atoms with Gasteiger partial charge in [0.05, 0.1) is 26.2 Å². The minimum absolute atomic E-state index is 0.0313. The van der Waals surface area contributed by atoms with E-state index in [1.807, 2.05) is 0 Å². The van der Waals surface area contributed by atoms with Crippen molar-refractivity contribution in [1.29, 1.82) is 0 Å². The highest BCUT2D eigenvalue weighted by Crippen LogP contribution is 2.28. The minimum atomic E-state index is -2.71. The smallest absolute Gasteiger partial charge is 0.340 e. The van der Waals surface area contributed by atoms with E-state index in [4.69, 9.17) is 14.2 Å². The van der Waals surface area contributed by atoms with E-state index in [0.29, 0.717) is 19.3 Å². The molecule has 8 nitrogen and oxygen atoms in total. The molecule has 0 aromatic carbocycles. The van der Waals surface area contributed by atoms with Crippen LogP contribution in [0.2, 0.25) is 0 Å². The molecular formula is C59H112O8. The van der Waals surface area contributed by atoms with Crippen LogP contribution in [-0.4, -0.2) is 54.2 Å². The molecule has 396 valence electrons. The molecule has 0 aliphatic rings. The first kappa shape index (κ1) is 65.0. The molecule has 67 heavy (non-hydrogen) atoms. The van der Waals surface area contributed by atoms with E-state index >= 15 is 0 Å². The highest BCUT2D eigenvalue weighted by atomic mass is 16.6. The molecule has 8 heteroatoms. The lowest BCUT2D eigenvalue weighted by atomic mass is 9.81. The molecular weight excluding hydrogens is 837 g/mol. The van der Waals surface area contributed by atoms with Gasteiger partial charge in [-0.3, -0.25) is 14.4 Å². The van der Waals surface area contributed by atoms with E-state index in [1.54, 1.807) is 0 Å². The third-order valence-electron chi connectivity index (χ3n) is 13.7. The second kappa shape index (κ2) is 46.4. The Kier molecular flexibility index (Phi) is 45.1. The van der Waals surface area contributed by atoms with E-state index < -0.39 is 41.6 Å². The summed E-state index contributed by atoms with van der Waals surface area (Å²) in [5.74, 6) is -3.21. The van der Waals surface area contributed by atoms with E-state index in [9.17, 15) is 24.3 Å². The molecule has 2 unspecified atom stereocenters. The summed E-state index contributed by atoms with van der Waals surface area (Å²) in [6.07, 6.45) is 45.5. The van der Waals surface area contributed by atoms with Crippen molar-refractivity contribution in [2.75, 3.05) is 19.8 Å². The van der Waals surface area contributed by atoms with Crippen LogP contribution in [0.3, 0.4) is 0 Å². The summed E-state index contributed by atoms with van der Waals surface area (Å²) in [5.41, 5.74) is -2.71. The summed E-state index contributed by atoms with van der Waals surface area (Å²) >= 11 is 0. The Hall–Kier alpha value is -1.96. The molecule has 0 aliphatic heterocycles. The zero-order valence-electron chi connectivity index (χ0n) is 45.5. The Balaban J connectivity index is 4.82. The fourth-order valence-corrected chi connectivity index (χ4v) is 9.26. The zero-order valence-corrected chi connectivity index (χ0v) is 45.5. The van der Waals surface area contributed by atoms with Crippen LogP contribution >= 0.6 is 0 Å². The molecule has 2 atom stereocenters. The van der Waals surface area contributed by atoms with Gasteiger partial charge in [0.1, 0.15) is 5.78 Å². The van der Waals surface area contributed by atoms with Crippen LogP contribution in [0.4, 0.5) is 0 Å². The van der Waals surface area contributed by atoms with Crippen LogP contribution in [0.15, 0.2) is 0 Å². The van der Waals surface area contributed by atoms with Crippen molar-refractivity contribution in [1.82, 2.24) is 0 Å². The maximum atomic E-state index is 13.6. The van der Waals surface area contributed by atoms with Crippen molar-refractivity contribution >= 4 is 23.7 Å². The lowest BCUT2D eigenvalue weighted by Gasteiger charge is -2.30. The molecule has 0 heterocycles. The molecule has 0 aromatic heterocycles.